The van der Waals surface area contributed by atoms with Gasteiger partial charge in [0, 0.05) is 32.7 Å². The van der Waals surface area contributed by atoms with Crippen molar-refractivity contribution in [2.45, 2.75) is 30.9 Å². The lowest BCUT2D eigenvalue weighted by Crippen LogP contribution is -2.42. The van der Waals surface area contributed by atoms with Gasteiger partial charge in [-0.3, -0.25) is 4.79 Å². The van der Waals surface area contributed by atoms with E-state index < -0.39 is 0 Å². The third kappa shape index (κ3) is 2.72. The average Bonchev–Trinajstić information content (AvgIpc) is 3.17. The molecule has 2 saturated heterocycles. The first-order valence-electron chi connectivity index (χ1n) is 7.38. The maximum atomic E-state index is 12.5. The summed E-state index contributed by atoms with van der Waals surface area (Å²) in [5.74, 6) is 0.725. The molecule has 4 heteroatoms. The first kappa shape index (κ1) is 13.6. The fraction of sp³-hybridized carbons (Fsp3) is 0.562. The van der Waals surface area contributed by atoms with Crippen molar-refractivity contribution >= 4 is 5.91 Å². The Labute approximate surface area is 120 Å². The van der Waals surface area contributed by atoms with Gasteiger partial charge in [-0.25, -0.2) is 0 Å². The summed E-state index contributed by atoms with van der Waals surface area (Å²) in [7, 11) is 1.71. The van der Waals surface area contributed by atoms with Crippen LogP contribution in [-0.2, 0) is 9.53 Å². The number of nitrogens with one attached hydrogen (secondary N) is 1. The Bertz CT molecular complexity index is 463. The summed E-state index contributed by atoms with van der Waals surface area (Å²) in [6.45, 7) is 2.50. The number of ether oxygens (including phenoxy) is 1. The number of hydrogen-bond donors (Lipinski definition) is 1. The molecule has 2 fully saturated rings. The van der Waals surface area contributed by atoms with Crippen LogP contribution < -0.4 is 5.32 Å². The van der Waals surface area contributed by atoms with Crippen LogP contribution in [0.5, 0.6) is 0 Å². The van der Waals surface area contributed by atoms with Crippen LogP contribution in [0.3, 0.4) is 0 Å². The Balaban J connectivity index is 1.59. The molecule has 3 atom stereocenters. The number of carbonyl (C=O) groups excluding carboxylic acids is 1. The van der Waals surface area contributed by atoms with Crippen LogP contribution in [0.1, 0.15) is 24.3 Å². The summed E-state index contributed by atoms with van der Waals surface area (Å²) < 4.78 is 5.31. The molecule has 1 N–H and O–H groups in total. The van der Waals surface area contributed by atoms with Crippen LogP contribution >= 0.6 is 0 Å². The van der Waals surface area contributed by atoms with Crippen molar-refractivity contribution < 1.29 is 9.53 Å². The Morgan fingerprint density at radius 3 is 2.85 bits per heavy atom. The molecule has 0 bridgehead atoms. The minimum Gasteiger partial charge on any atom is -0.380 e. The van der Waals surface area contributed by atoms with Gasteiger partial charge < -0.3 is 15.0 Å². The molecule has 1 aromatic carbocycles. The van der Waals surface area contributed by atoms with Crippen LogP contribution in [0.15, 0.2) is 30.3 Å². The fourth-order valence-electron chi connectivity index (χ4n) is 3.25. The monoisotopic (exact) mass is 274 g/mol. The standard InChI is InChI=1S/C16H22N2O2/c1-20-14-9-15(17-10-14)16(19)18-8-7-13(11-18)12-5-3-2-4-6-12/h2-6,13-15,17H,7-11H2,1H3. The van der Waals surface area contributed by atoms with Gasteiger partial charge in [0.1, 0.15) is 0 Å². The Morgan fingerprint density at radius 2 is 2.15 bits per heavy atom. The van der Waals surface area contributed by atoms with Crippen LogP contribution in [-0.4, -0.2) is 49.7 Å². The second-order valence-corrected chi connectivity index (χ2v) is 5.73. The van der Waals surface area contributed by atoms with Crippen LogP contribution in [0, 0.1) is 0 Å². The molecular formula is C16H22N2O2. The largest absolute Gasteiger partial charge is 0.380 e. The van der Waals surface area contributed by atoms with Crippen molar-refractivity contribution in [2.75, 3.05) is 26.7 Å². The van der Waals surface area contributed by atoms with E-state index in [0.29, 0.717) is 5.92 Å². The first-order chi connectivity index (χ1) is 9.78. The van der Waals surface area contributed by atoms with Crippen LogP contribution in [0.2, 0.25) is 0 Å². The second kappa shape index (κ2) is 5.94. The Morgan fingerprint density at radius 1 is 1.35 bits per heavy atom. The highest BCUT2D eigenvalue weighted by molar-refractivity contribution is 5.82. The van der Waals surface area contributed by atoms with Crippen LogP contribution in [0.25, 0.3) is 0 Å². The van der Waals surface area contributed by atoms with Gasteiger partial charge in [0.15, 0.2) is 0 Å². The van der Waals surface area contributed by atoms with E-state index in [1.807, 2.05) is 11.0 Å². The molecule has 2 heterocycles. The quantitative estimate of drug-likeness (QED) is 0.905. The molecule has 0 aromatic heterocycles. The van der Waals surface area contributed by atoms with Gasteiger partial charge in [-0.2, -0.15) is 0 Å². The van der Waals surface area contributed by atoms with Gasteiger partial charge in [-0.15, -0.1) is 0 Å². The average molecular weight is 274 g/mol. The van der Waals surface area contributed by atoms with E-state index in [1.165, 1.54) is 5.56 Å². The number of hydrogen-bond acceptors (Lipinski definition) is 3. The van der Waals surface area contributed by atoms with E-state index >= 15 is 0 Å². The highest BCUT2D eigenvalue weighted by Crippen LogP contribution is 2.28. The first-order valence-corrected chi connectivity index (χ1v) is 7.38. The lowest BCUT2D eigenvalue weighted by molar-refractivity contribution is -0.132. The molecule has 0 radical (unpaired) electrons. The van der Waals surface area contributed by atoms with E-state index in [0.717, 1.165) is 32.5 Å². The molecule has 20 heavy (non-hydrogen) atoms. The van der Waals surface area contributed by atoms with E-state index in [-0.39, 0.29) is 18.1 Å². The summed E-state index contributed by atoms with van der Waals surface area (Å²) in [4.78, 5) is 14.5. The van der Waals surface area contributed by atoms with Gasteiger partial charge in [0.25, 0.3) is 0 Å². The molecule has 3 unspecified atom stereocenters. The predicted molar refractivity (Wildman–Crippen MR) is 77.6 cm³/mol. The van der Waals surface area contributed by atoms with E-state index in [2.05, 4.69) is 29.6 Å². The topological polar surface area (TPSA) is 41.6 Å². The second-order valence-electron chi connectivity index (χ2n) is 5.73. The van der Waals surface area contributed by atoms with Gasteiger partial charge >= 0.3 is 0 Å². The van der Waals surface area contributed by atoms with Gasteiger partial charge in [-0.05, 0) is 18.4 Å². The number of likely N-dealkylation sites (tertiary alicyclic amines) is 1. The molecule has 0 aliphatic carbocycles. The molecular weight excluding hydrogens is 252 g/mol. The van der Waals surface area contributed by atoms with Crippen LogP contribution in [0.4, 0.5) is 0 Å². The van der Waals surface area contributed by atoms with E-state index in [4.69, 9.17) is 4.74 Å². The lowest BCUT2D eigenvalue weighted by Gasteiger charge is -2.21. The Hall–Kier alpha value is -1.39. The maximum absolute atomic E-state index is 12.5. The highest BCUT2D eigenvalue weighted by atomic mass is 16.5. The molecule has 2 aliphatic heterocycles. The van der Waals surface area contributed by atoms with Crippen molar-refractivity contribution in [1.29, 1.82) is 0 Å². The molecule has 1 amide bonds. The molecule has 108 valence electrons. The SMILES string of the molecule is COC1CNC(C(=O)N2CCC(c3ccccc3)C2)C1. The third-order valence-electron chi connectivity index (χ3n) is 4.49. The normalized spacial score (nSPS) is 29.9. The smallest absolute Gasteiger partial charge is 0.239 e. The van der Waals surface area contributed by atoms with Crippen molar-refractivity contribution in [3.63, 3.8) is 0 Å². The van der Waals surface area contributed by atoms with Crippen molar-refractivity contribution in [2.24, 2.45) is 0 Å². The minimum absolute atomic E-state index is 0.0607. The zero-order chi connectivity index (χ0) is 13.9. The molecule has 1 aromatic rings. The number of nitrogens with zero attached hydrogens (tertiary/aromatic N) is 1. The van der Waals surface area contributed by atoms with Gasteiger partial charge in [0.2, 0.25) is 5.91 Å². The summed E-state index contributed by atoms with van der Waals surface area (Å²) in [6, 6.07) is 10.4. The minimum atomic E-state index is -0.0607. The summed E-state index contributed by atoms with van der Waals surface area (Å²) in [5, 5.41) is 3.27. The summed E-state index contributed by atoms with van der Waals surface area (Å²) in [6.07, 6.45) is 2.04. The summed E-state index contributed by atoms with van der Waals surface area (Å²) >= 11 is 0. The lowest BCUT2D eigenvalue weighted by atomic mass is 9.99. The van der Waals surface area contributed by atoms with E-state index in [9.17, 15) is 4.79 Å². The van der Waals surface area contributed by atoms with Crippen molar-refractivity contribution in [3.8, 4) is 0 Å². The number of benzene rings is 1. The molecule has 4 nitrogen and oxygen atoms in total. The van der Waals surface area contributed by atoms with Gasteiger partial charge in [0.05, 0.1) is 12.1 Å². The van der Waals surface area contributed by atoms with Crippen molar-refractivity contribution in [1.82, 2.24) is 10.2 Å². The highest BCUT2D eigenvalue weighted by Gasteiger charge is 2.35. The molecule has 2 aliphatic rings. The van der Waals surface area contributed by atoms with E-state index in [1.54, 1.807) is 7.11 Å². The van der Waals surface area contributed by atoms with Crippen molar-refractivity contribution in [3.05, 3.63) is 35.9 Å². The molecule has 0 saturated carbocycles. The number of rotatable bonds is 3. The fourth-order valence-corrected chi connectivity index (χ4v) is 3.25. The molecule has 3 rings (SSSR count). The number of carbonyl (C=O) groups is 1. The third-order valence-corrected chi connectivity index (χ3v) is 4.49. The maximum Gasteiger partial charge on any atom is 0.239 e. The zero-order valence-corrected chi connectivity index (χ0v) is 11.9. The number of methoxy groups -OCH3 is 1. The van der Waals surface area contributed by atoms with Gasteiger partial charge in [-0.1, -0.05) is 30.3 Å². The Kier molecular flexibility index (Phi) is 4.03. The summed E-state index contributed by atoms with van der Waals surface area (Å²) in [5.41, 5.74) is 1.34. The molecule has 0 spiro atoms. The zero-order valence-electron chi connectivity index (χ0n) is 11.9. The number of amides is 1. The predicted octanol–water partition coefficient (Wildman–Crippen LogP) is 1.38.